The van der Waals surface area contributed by atoms with Crippen LogP contribution in [0.25, 0.3) is 0 Å². The molecule has 1 aliphatic carbocycles. The van der Waals surface area contributed by atoms with Gasteiger partial charge in [-0.25, -0.2) is 8.42 Å². The molecular formula is C27H37ClN2O4S. The van der Waals surface area contributed by atoms with Crippen LogP contribution in [0.1, 0.15) is 63.5 Å². The van der Waals surface area contributed by atoms with E-state index in [2.05, 4.69) is 29.6 Å². The van der Waals surface area contributed by atoms with E-state index in [4.69, 9.17) is 16.3 Å². The number of nitrogens with one attached hydrogen (secondary N) is 1. The predicted molar refractivity (Wildman–Crippen MR) is 140 cm³/mol. The lowest BCUT2D eigenvalue weighted by molar-refractivity contribution is -0.153. The van der Waals surface area contributed by atoms with Crippen LogP contribution in [-0.2, 0) is 26.0 Å². The first-order valence-electron chi connectivity index (χ1n) is 12.2. The van der Waals surface area contributed by atoms with Gasteiger partial charge in [0.2, 0.25) is 10.0 Å². The first-order chi connectivity index (χ1) is 16.5. The number of hydrogen-bond acceptors (Lipinski definition) is 5. The van der Waals surface area contributed by atoms with E-state index in [0.717, 1.165) is 32.1 Å². The SMILES string of the molecule is CN(C1CCC(c2ccc(CCNCC(=O)OC(C)(C)C)cc2)CC1)S(=O)(=O)c1ccc(Cl)cc1. The van der Waals surface area contributed by atoms with E-state index in [0.29, 0.717) is 17.5 Å². The third-order valence-electron chi connectivity index (χ3n) is 6.43. The highest BCUT2D eigenvalue weighted by atomic mass is 35.5. The fraction of sp³-hybridized carbons (Fsp3) is 0.519. The molecule has 2 aromatic rings. The molecule has 0 amide bonds. The zero-order chi connectivity index (χ0) is 25.6. The number of benzene rings is 2. The molecule has 0 aliphatic heterocycles. The summed E-state index contributed by atoms with van der Waals surface area (Å²) in [5.74, 6) is 0.201. The number of rotatable bonds is 9. The lowest BCUT2D eigenvalue weighted by atomic mass is 9.81. The van der Waals surface area contributed by atoms with Crippen LogP contribution in [0.15, 0.2) is 53.4 Å². The van der Waals surface area contributed by atoms with Gasteiger partial charge in [-0.05, 0) is 101 Å². The summed E-state index contributed by atoms with van der Waals surface area (Å²) in [5.41, 5.74) is 2.05. The van der Waals surface area contributed by atoms with Crippen molar-refractivity contribution in [3.63, 3.8) is 0 Å². The summed E-state index contributed by atoms with van der Waals surface area (Å²) in [6.45, 7) is 6.50. The van der Waals surface area contributed by atoms with Crippen molar-refractivity contribution in [3.8, 4) is 0 Å². The fourth-order valence-electron chi connectivity index (χ4n) is 4.50. The highest BCUT2D eigenvalue weighted by molar-refractivity contribution is 7.89. The van der Waals surface area contributed by atoms with Crippen LogP contribution >= 0.6 is 11.6 Å². The molecule has 1 saturated carbocycles. The molecule has 1 fully saturated rings. The second-order valence-corrected chi connectivity index (χ2v) is 12.7. The van der Waals surface area contributed by atoms with Gasteiger partial charge in [0.25, 0.3) is 0 Å². The highest BCUT2D eigenvalue weighted by Gasteiger charge is 2.31. The van der Waals surface area contributed by atoms with Gasteiger partial charge in [0, 0.05) is 18.1 Å². The quantitative estimate of drug-likeness (QED) is 0.365. The van der Waals surface area contributed by atoms with Crippen LogP contribution in [0.2, 0.25) is 5.02 Å². The standard InChI is InChI=1S/C27H37ClN2O4S/c1-27(2,3)34-26(31)19-29-18-17-20-5-7-21(8-6-20)22-9-13-24(14-10-22)30(4)35(32,33)25-15-11-23(28)12-16-25/h5-8,11-12,15-16,22,24,29H,9-10,13-14,17-19H2,1-4H3. The minimum absolute atomic E-state index is 0.00208. The molecule has 0 saturated heterocycles. The number of ether oxygens (including phenoxy) is 1. The Morgan fingerprint density at radius 3 is 2.20 bits per heavy atom. The molecule has 0 bridgehead atoms. The van der Waals surface area contributed by atoms with Crippen molar-refractivity contribution in [2.24, 2.45) is 0 Å². The molecule has 2 aromatic carbocycles. The Morgan fingerprint density at radius 1 is 1.03 bits per heavy atom. The summed E-state index contributed by atoms with van der Waals surface area (Å²) in [6, 6.07) is 15.0. The molecule has 0 heterocycles. The summed E-state index contributed by atoms with van der Waals surface area (Å²) in [6.07, 6.45) is 4.43. The molecule has 3 rings (SSSR count). The zero-order valence-corrected chi connectivity index (χ0v) is 22.7. The first kappa shape index (κ1) is 27.7. The van der Waals surface area contributed by atoms with Crippen LogP contribution in [0.5, 0.6) is 0 Å². The van der Waals surface area contributed by atoms with Crippen molar-refractivity contribution in [3.05, 3.63) is 64.7 Å². The fourth-order valence-corrected chi connectivity index (χ4v) is 6.04. The Hall–Kier alpha value is -1.93. The topological polar surface area (TPSA) is 75.7 Å². The van der Waals surface area contributed by atoms with Crippen molar-refractivity contribution < 1.29 is 17.9 Å². The number of nitrogens with zero attached hydrogens (tertiary/aromatic N) is 1. The van der Waals surface area contributed by atoms with Crippen LogP contribution in [0.3, 0.4) is 0 Å². The molecule has 8 heteroatoms. The summed E-state index contributed by atoms with van der Waals surface area (Å²) >= 11 is 5.91. The Morgan fingerprint density at radius 2 is 1.63 bits per heavy atom. The van der Waals surface area contributed by atoms with Gasteiger partial charge in [0.15, 0.2) is 0 Å². The Kier molecular flexibility index (Phi) is 9.38. The second kappa shape index (κ2) is 11.9. The Labute approximate surface area is 215 Å². The number of carbonyl (C=O) groups excluding carboxylic acids is 1. The van der Waals surface area contributed by atoms with Crippen LogP contribution < -0.4 is 5.32 Å². The minimum Gasteiger partial charge on any atom is -0.459 e. The third kappa shape index (κ3) is 8.04. The third-order valence-corrected chi connectivity index (χ3v) is 8.61. The number of hydrogen-bond donors (Lipinski definition) is 1. The molecule has 1 aliphatic rings. The first-order valence-corrected chi connectivity index (χ1v) is 14.0. The summed E-state index contributed by atoms with van der Waals surface area (Å²) in [4.78, 5) is 12.0. The molecule has 6 nitrogen and oxygen atoms in total. The van der Waals surface area contributed by atoms with Gasteiger partial charge >= 0.3 is 5.97 Å². The average Bonchev–Trinajstić information content (AvgIpc) is 2.81. The number of sulfonamides is 1. The predicted octanol–water partition coefficient (Wildman–Crippen LogP) is 5.16. The Bertz CT molecular complexity index is 1070. The molecule has 0 radical (unpaired) electrons. The molecule has 0 spiro atoms. The van der Waals surface area contributed by atoms with E-state index in [1.54, 1.807) is 31.3 Å². The zero-order valence-electron chi connectivity index (χ0n) is 21.1. The van der Waals surface area contributed by atoms with Crippen molar-refractivity contribution >= 4 is 27.6 Å². The van der Waals surface area contributed by atoms with E-state index in [9.17, 15) is 13.2 Å². The lowest BCUT2D eigenvalue weighted by Crippen LogP contribution is -2.39. The van der Waals surface area contributed by atoms with E-state index in [-0.39, 0.29) is 23.5 Å². The van der Waals surface area contributed by atoms with Crippen molar-refractivity contribution in [2.45, 2.75) is 75.3 Å². The van der Waals surface area contributed by atoms with Gasteiger partial charge in [-0.15, -0.1) is 0 Å². The molecule has 35 heavy (non-hydrogen) atoms. The molecule has 1 N–H and O–H groups in total. The molecule has 0 unspecified atom stereocenters. The summed E-state index contributed by atoms with van der Waals surface area (Å²) in [7, 11) is -1.85. The monoisotopic (exact) mass is 520 g/mol. The smallest absolute Gasteiger partial charge is 0.320 e. The van der Waals surface area contributed by atoms with Gasteiger partial charge < -0.3 is 10.1 Å². The van der Waals surface area contributed by atoms with Crippen molar-refractivity contribution in [1.82, 2.24) is 9.62 Å². The summed E-state index contributed by atoms with van der Waals surface area (Å²) in [5, 5.41) is 3.66. The van der Waals surface area contributed by atoms with Crippen molar-refractivity contribution in [2.75, 3.05) is 20.1 Å². The van der Waals surface area contributed by atoms with E-state index < -0.39 is 15.6 Å². The van der Waals surface area contributed by atoms with Gasteiger partial charge in [0.1, 0.15) is 5.60 Å². The molecular weight excluding hydrogens is 484 g/mol. The lowest BCUT2D eigenvalue weighted by Gasteiger charge is -2.34. The van der Waals surface area contributed by atoms with E-state index in [1.807, 2.05) is 20.8 Å². The number of halogens is 1. The number of esters is 1. The van der Waals surface area contributed by atoms with E-state index >= 15 is 0 Å². The van der Waals surface area contributed by atoms with Crippen LogP contribution in [-0.4, -0.2) is 50.5 Å². The Balaban J connectivity index is 1.45. The van der Waals surface area contributed by atoms with Crippen molar-refractivity contribution in [1.29, 1.82) is 0 Å². The van der Waals surface area contributed by atoms with Crippen LogP contribution in [0, 0.1) is 0 Å². The van der Waals surface area contributed by atoms with Gasteiger partial charge in [-0.3, -0.25) is 4.79 Å². The van der Waals surface area contributed by atoms with Gasteiger partial charge in [-0.1, -0.05) is 35.9 Å². The highest BCUT2D eigenvalue weighted by Crippen LogP contribution is 2.36. The van der Waals surface area contributed by atoms with E-state index in [1.165, 1.54) is 15.4 Å². The maximum atomic E-state index is 13.0. The summed E-state index contributed by atoms with van der Waals surface area (Å²) < 4.78 is 32.8. The number of carbonyl (C=O) groups is 1. The minimum atomic E-state index is -3.53. The van der Waals surface area contributed by atoms with Gasteiger partial charge in [-0.2, -0.15) is 4.31 Å². The largest absolute Gasteiger partial charge is 0.459 e. The molecule has 0 aromatic heterocycles. The average molecular weight is 521 g/mol. The molecule has 0 atom stereocenters. The second-order valence-electron chi connectivity index (χ2n) is 10.2. The maximum absolute atomic E-state index is 13.0. The van der Waals surface area contributed by atoms with Gasteiger partial charge in [0.05, 0.1) is 11.4 Å². The maximum Gasteiger partial charge on any atom is 0.320 e. The van der Waals surface area contributed by atoms with Crippen LogP contribution in [0.4, 0.5) is 0 Å². The molecule has 192 valence electrons. The normalized spacial score (nSPS) is 19.0.